The summed E-state index contributed by atoms with van der Waals surface area (Å²) in [6.45, 7) is 10.5. The highest BCUT2D eigenvalue weighted by atomic mass is 16.6. The summed E-state index contributed by atoms with van der Waals surface area (Å²) in [5, 5.41) is 0. The highest BCUT2D eigenvalue weighted by molar-refractivity contribution is 5.67. The number of hydrogen-bond acceptors (Lipinski definition) is 2. The minimum absolute atomic E-state index is 0.142. The molecule has 0 rings (SSSR count). The molecule has 0 N–H and O–H groups in total. The zero-order chi connectivity index (χ0) is 16.6. The van der Waals surface area contributed by atoms with Crippen LogP contribution < -0.4 is 0 Å². The first-order valence-corrected chi connectivity index (χ1v) is 9.61. The second-order valence-electron chi connectivity index (χ2n) is 6.31. The van der Waals surface area contributed by atoms with Gasteiger partial charge in [0, 0.05) is 13.1 Å². The maximum Gasteiger partial charge on any atom is 0.409 e. The van der Waals surface area contributed by atoms with Crippen LogP contribution in [0.3, 0.4) is 0 Å². The van der Waals surface area contributed by atoms with Crippen LogP contribution in [0.1, 0.15) is 91.9 Å². The van der Waals surface area contributed by atoms with Crippen molar-refractivity contribution in [3.63, 3.8) is 0 Å². The van der Waals surface area contributed by atoms with Gasteiger partial charge in [0.15, 0.2) is 0 Å². The Balaban J connectivity index is 4.10. The highest BCUT2D eigenvalue weighted by Crippen LogP contribution is 2.19. The lowest BCUT2D eigenvalue weighted by Gasteiger charge is -2.21. The van der Waals surface area contributed by atoms with Crippen molar-refractivity contribution in [2.24, 2.45) is 5.92 Å². The number of carbonyl (C=O) groups excluding carboxylic acids is 1. The largest absolute Gasteiger partial charge is 0.449 e. The number of amides is 1. The summed E-state index contributed by atoms with van der Waals surface area (Å²) in [5.41, 5.74) is 0. The molecule has 22 heavy (non-hydrogen) atoms. The number of ether oxygens (including phenoxy) is 1. The molecule has 1 amide bonds. The van der Waals surface area contributed by atoms with Gasteiger partial charge in [0.1, 0.15) is 0 Å². The van der Waals surface area contributed by atoms with Crippen molar-refractivity contribution in [3.05, 3.63) is 0 Å². The van der Waals surface area contributed by atoms with E-state index in [1.54, 1.807) is 4.90 Å². The maximum atomic E-state index is 12.0. The fraction of sp³-hybridized carbons (Fsp3) is 0.947. The second-order valence-corrected chi connectivity index (χ2v) is 6.31. The van der Waals surface area contributed by atoms with Gasteiger partial charge in [-0.05, 0) is 32.6 Å². The maximum absolute atomic E-state index is 12.0. The van der Waals surface area contributed by atoms with Gasteiger partial charge in [0.2, 0.25) is 0 Å². The average Bonchev–Trinajstić information content (AvgIpc) is 2.53. The molecule has 0 saturated heterocycles. The SMILES string of the molecule is CCCCCCC(CCCCCC)COC(=O)N(CC)CC. The van der Waals surface area contributed by atoms with E-state index in [1.165, 1.54) is 64.2 Å². The minimum Gasteiger partial charge on any atom is -0.449 e. The molecule has 0 aromatic rings. The Morgan fingerprint density at radius 2 is 1.32 bits per heavy atom. The van der Waals surface area contributed by atoms with E-state index < -0.39 is 0 Å². The van der Waals surface area contributed by atoms with Gasteiger partial charge in [0.25, 0.3) is 0 Å². The average molecular weight is 314 g/mol. The summed E-state index contributed by atoms with van der Waals surface area (Å²) in [6.07, 6.45) is 12.6. The second kappa shape index (κ2) is 15.2. The molecule has 0 aliphatic carbocycles. The molecule has 3 heteroatoms. The van der Waals surface area contributed by atoms with E-state index in [0.717, 1.165) is 13.1 Å². The summed E-state index contributed by atoms with van der Waals surface area (Å²) in [7, 11) is 0. The first kappa shape index (κ1) is 21.3. The Bertz CT molecular complexity index is 240. The van der Waals surface area contributed by atoms with Crippen molar-refractivity contribution in [1.82, 2.24) is 4.90 Å². The molecule has 0 atom stereocenters. The molecule has 0 fully saturated rings. The quantitative estimate of drug-likeness (QED) is 0.367. The van der Waals surface area contributed by atoms with Crippen molar-refractivity contribution < 1.29 is 9.53 Å². The molecular weight excluding hydrogens is 274 g/mol. The normalized spacial score (nSPS) is 11.0. The third-order valence-corrected chi connectivity index (χ3v) is 4.40. The predicted molar refractivity (Wildman–Crippen MR) is 95.3 cm³/mol. The molecule has 132 valence electrons. The molecule has 0 bridgehead atoms. The predicted octanol–water partition coefficient (Wildman–Crippen LogP) is 6.02. The monoisotopic (exact) mass is 313 g/mol. The summed E-state index contributed by atoms with van der Waals surface area (Å²) in [4.78, 5) is 13.7. The molecule has 0 aliphatic heterocycles. The molecular formula is C19H39NO2. The lowest BCUT2D eigenvalue weighted by Crippen LogP contribution is -2.32. The summed E-state index contributed by atoms with van der Waals surface area (Å²) in [5.74, 6) is 0.549. The van der Waals surface area contributed by atoms with E-state index in [1.807, 2.05) is 13.8 Å². The van der Waals surface area contributed by atoms with E-state index in [2.05, 4.69) is 13.8 Å². The van der Waals surface area contributed by atoms with Crippen LogP contribution in [0.5, 0.6) is 0 Å². The molecule has 0 aromatic carbocycles. The summed E-state index contributed by atoms with van der Waals surface area (Å²) in [6, 6.07) is 0. The fourth-order valence-corrected chi connectivity index (χ4v) is 2.79. The zero-order valence-electron chi connectivity index (χ0n) is 15.5. The van der Waals surface area contributed by atoms with Gasteiger partial charge >= 0.3 is 6.09 Å². The Hall–Kier alpha value is -0.730. The van der Waals surface area contributed by atoms with Crippen molar-refractivity contribution in [2.75, 3.05) is 19.7 Å². The van der Waals surface area contributed by atoms with Crippen molar-refractivity contribution in [2.45, 2.75) is 91.9 Å². The molecule has 0 spiro atoms. The van der Waals surface area contributed by atoms with E-state index in [-0.39, 0.29) is 6.09 Å². The van der Waals surface area contributed by atoms with Crippen LogP contribution in [0.4, 0.5) is 4.79 Å². The molecule has 0 aromatic heterocycles. The number of carbonyl (C=O) groups is 1. The Morgan fingerprint density at radius 1 is 0.818 bits per heavy atom. The van der Waals surface area contributed by atoms with Gasteiger partial charge < -0.3 is 9.64 Å². The Kier molecular flexibility index (Phi) is 14.7. The van der Waals surface area contributed by atoms with Gasteiger partial charge in [-0.3, -0.25) is 0 Å². The Morgan fingerprint density at radius 3 is 1.73 bits per heavy atom. The van der Waals surface area contributed by atoms with Crippen LogP contribution >= 0.6 is 0 Å². The fourth-order valence-electron chi connectivity index (χ4n) is 2.79. The van der Waals surface area contributed by atoms with Crippen LogP contribution in [-0.2, 0) is 4.74 Å². The van der Waals surface area contributed by atoms with Gasteiger partial charge in [0.05, 0.1) is 6.61 Å². The van der Waals surface area contributed by atoms with Crippen LogP contribution in [0.2, 0.25) is 0 Å². The summed E-state index contributed by atoms with van der Waals surface area (Å²) < 4.78 is 5.55. The van der Waals surface area contributed by atoms with Crippen LogP contribution in [0.15, 0.2) is 0 Å². The van der Waals surface area contributed by atoms with Gasteiger partial charge in [-0.2, -0.15) is 0 Å². The van der Waals surface area contributed by atoms with Gasteiger partial charge in [-0.25, -0.2) is 4.79 Å². The third-order valence-electron chi connectivity index (χ3n) is 4.40. The highest BCUT2D eigenvalue weighted by Gasteiger charge is 2.15. The number of nitrogens with zero attached hydrogens (tertiary/aromatic N) is 1. The smallest absolute Gasteiger partial charge is 0.409 e. The van der Waals surface area contributed by atoms with Gasteiger partial charge in [-0.1, -0.05) is 65.2 Å². The lowest BCUT2D eigenvalue weighted by atomic mass is 9.95. The number of rotatable bonds is 14. The van der Waals surface area contributed by atoms with Crippen molar-refractivity contribution in [1.29, 1.82) is 0 Å². The lowest BCUT2D eigenvalue weighted by molar-refractivity contribution is 0.0863. The Labute approximate surface area is 138 Å². The van der Waals surface area contributed by atoms with E-state index in [4.69, 9.17) is 4.74 Å². The van der Waals surface area contributed by atoms with Gasteiger partial charge in [-0.15, -0.1) is 0 Å². The third kappa shape index (κ3) is 10.9. The van der Waals surface area contributed by atoms with E-state index in [0.29, 0.717) is 12.5 Å². The standard InChI is InChI=1S/C19H39NO2/c1-5-9-11-13-15-18(16-14-12-10-6-2)17-22-19(21)20(7-3)8-4/h18H,5-17H2,1-4H3. The molecule has 0 saturated carbocycles. The number of unbranched alkanes of at least 4 members (excludes halogenated alkanes) is 6. The van der Waals surface area contributed by atoms with Crippen LogP contribution in [-0.4, -0.2) is 30.7 Å². The zero-order valence-corrected chi connectivity index (χ0v) is 15.5. The van der Waals surface area contributed by atoms with Crippen molar-refractivity contribution in [3.8, 4) is 0 Å². The molecule has 0 heterocycles. The summed E-state index contributed by atoms with van der Waals surface area (Å²) >= 11 is 0. The minimum atomic E-state index is -0.142. The molecule has 3 nitrogen and oxygen atoms in total. The van der Waals surface area contributed by atoms with Crippen LogP contribution in [0, 0.1) is 5.92 Å². The molecule has 0 radical (unpaired) electrons. The number of hydrogen-bond donors (Lipinski definition) is 0. The van der Waals surface area contributed by atoms with Crippen molar-refractivity contribution >= 4 is 6.09 Å². The van der Waals surface area contributed by atoms with E-state index in [9.17, 15) is 4.79 Å². The first-order chi connectivity index (χ1) is 10.7. The topological polar surface area (TPSA) is 29.5 Å². The first-order valence-electron chi connectivity index (χ1n) is 9.61. The van der Waals surface area contributed by atoms with E-state index >= 15 is 0 Å². The molecule has 0 aliphatic rings. The molecule has 0 unspecified atom stereocenters. The van der Waals surface area contributed by atoms with Crippen LogP contribution in [0.25, 0.3) is 0 Å².